The molecule has 0 radical (unpaired) electrons. The van der Waals surface area contributed by atoms with Gasteiger partial charge in [-0.3, -0.25) is 4.79 Å². The lowest BCUT2D eigenvalue weighted by atomic mass is 10.3. The Morgan fingerprint density at radius 1 is 1.38 bits per heavy atom. The van der Waals surface area contributed by atoms with E-state index in [9.17, 15) is 4.79 Å². The van der Waals surface area contributed by atoms with Crippen molar-refractivity contribution >= 4 is 23.4 Å². The van der Waals surface area contributed by atoms with Gasteiger partial charge in [0, 0.05) is 17.9 Å². The molecule has 0 spiro atoms. The van der Waals surface area contributed by atoms with Crippen LogP contribution in [0.4, 0.5) is 5.69 Å². The quantitative estimate of drug-likeness (QED) is 0.940. The summed E-state index contributed by atoms with van der Waals surface area (Å²) >= 11 is 1.74. The van der Waals surface area contributed by atoms with Crippen molar-refractivity contribution in [2.45, 2.75) is 43.0 Å². The summed E-state index contributed by atoms with van der Waals surface area (Å²) < 4.78 is 1.73. The van der Waals surface area contributed by atoms with E-state index >= 15 is 0 Å². The number of amides is 1. The lowest BCUT2D eigenvalue weighted by molar-refractivity contribution is -0.114. The van der Waals surface area contributed by atoms with Crippen LogP contribution >= 0.6 is 11.8 Å². The van der Waals surface area contributed by atoms with Crippen molar-refractivity contribution in [2.24, 2.45) is 0 Å². The van der Waals surface area contributed by atoms with Gasteiger partial charge < -0.3 is 5.32 Å². The summed E-state index contributed by atoms with van der Waals surface area (Å²) in [6, 6.07) is 7.53. The molecule has 1 aliphatic rings. The zero-order chi connectivity index (χ0) is 14.7. The molecule has 1 heterocycles. The molecule has 6 nitrogen and oxygen atoms in total. The van der Waals surface area contributed by atoms with Crippen molar-refractivity contribution in [3.63, 3.8) is 0 Å². The van der Waals surface area contributed by atoms with Gasteiger partial charge in [0.2, 0.25) is 11.1 Å². The van der Waals surface area contributed by atoms with Crippen molar-refractivity contribution in [2.75, 3.05) is 5.32 Å². The van der Waals surface area contributed by atoms with E-state index in [1.807, 2.05) is 24.3 Å². The molecule has 7 heteroatoms. The first-order chi connectivity index (χ1) is 10.2. The van der Waals surface area contributed by atoms with E-state index in [0.717, 1.165) is 16.5 Å². The van der Waals surface area contributed by atoms with Crippen LogP contribution in [0.15, 0.2) is 29.4 Å². The summed E-state index contributed by atoms with van der Waals surface area (Å²) in [4.78, 5) is 11.1. The number of benzene rings is 1. The summed E-state index contributed by atoms with van der Waals surface area (Å²) in [5.41, 5.74) is 1.60. The van der Waals surface area contributed by atoms with Crippen LogP contribution in [0.2, 0.25) is 0 Å². The molecule has 0 aliphatic heterocycles. The number of anilines is 1. The normalized spacial score (nSPS) is 15.3. The molecular formula is C14H17N5OS. The number of tetrazole rings is 1. The Morgan fingerprint density at radius 2 is 2.19 bits per heavy atom. The fraction of sp³-hybridized carbons (Fsp3) is 0.429. The third-order valence-corrected chi connectivity index (χ3v) is 4.70. The third kappa shape index (κ3) is 3.41. The van der Waals surface area contributed by atoms with Crippen molar-refractivity contribution in [1.29, 1.82) is 0 Å². The molecule has 1 aromatic carbocycles. The first-order valence-corrected chi connectivity index (χ1v) is 7.93. The second-order valence-corrected chi connectivity index (χ2v) is 6.40. The van der Waals surface area contributed by atoms with E-state index in [2.05, 4.69) is 20.8 Å². The molecule has 1 aliphatic carbocycles. The van der Waals surface area contributed by atoms with Crippen LogP contribution < -0.4 is 5.32 Å². The van der Waals surface area contributed by atoms with Crippen LogP contribution in [0.5, 0.6) is 0 Å². The summed E-state index contributed by atoms with van der Waals surface area (Å²) in [6.45, 7) is 1.49. The number of hydrogen-bond donors (Lipinski definition) is 1. The molecule has 1 fully saturated rings. The standard InChI is InChI=1S/C14H17N5OS/c1-10(20)15-11-5-4-6-12(9-11)19-14(16-17-18-19)21-13-7-2-3-8-13/h4-6,9,13H,2-3,7-8H2,1H3,(H,15,20). The molecule has 1 amide bonds. The van der Waals surface area contributed by atoms with Gasteiger partial charge >= 0.3 is 0 Å². The van der Waals surface area contributed by atoms with Crippen LogP contribution in [0.3, 0.4) is 0 Å². The summed E-state index contributed by atoms with van der Waals surface area (Å²) in [5, 5.41) is 16.2. The highest BCUT2D eigenvalue weighted by Crippen LogP contribution is 2.34. The molecule has 1 N–H and O–H groups in total. The Labute approximate surface area is 127 Å². The molecule has 2 aromatic rings. The van der Waals surface area contributed by atoms with Crippen LogP contribution in [-0.4, -0.2) is 31.4 Å². The van der Waals surface area contributed by atoms with Gasteiger partial charge in [-0.05, 0) is 41.5 Å². The van der Waals surface area contributed by atoms with E-state index in [4.69, 9.17) is 0 Å². The molecule has 0 bridgehead atoms. The highest BCUT2D eigenvalue weighted by Gasteiger charge is 2.20. The Balaban J connectivity index is 1.83. The average Bonchev–Trinajstić information content (AvgIpc) is 3.10. The fourth-order valence-electron chi connectivity index (χ4n) is 2.49. The first-order valence-electron chi connectivity index (χ1n) is 7.05. The number of aromatic nitrogens is 4. The summed E-state index contributed by atoms with van der Waals surface area (Å²) in [6.07, 6.45) is 5.03. The molecule has 1 saturated carbocycles. The summed E-state index contributed by atoms with van der Waals surface area (Å²) in [7, 11) is 0. The largest absolute Gasteiger partial charge is 0.326 e. The number of hydrogen-bond acceptors (Lipinski definition) is 5. The minimum atomic E-state index is -0.0931. The van der Waals surface area contributed by atoms with Crippen molar-refractivity contribution in [3.05, 3.63) is 24.3 Å². The maximum Gasteiger partial charge on any atom is 0.221 e. The molecule has 0 unspecified atom stereocenters. The maximum atomic E-state index is 11.1. The monoisotopic (exact) mass is 303 g/mol. The lowest BCUT2D eigenvalue weighted by Crippen LogP contribution is -2.07. The van der Waals surface area contributed by atoms with E-state index < -0.39 is 0 Å². The zero-order valence-corrected chi connectivity index (χ0v) is 12.6. The van der Waals surface area contributed by atoms with Gasteiger partial charge in [0.1, 0.15) is 0 Å². The van der Waals surface area contributed by atoms with Crippen molar-refractivity contribution in [3.8, 4) is 5.69 Å². The Kier molecular flexibility index (Phi) is 4.19. The average molecular weight is 303 g/mol. The number of nitrogens with zero attached hydrogens (tertiary/aromatic N) is 4. The lowest BCUT2D eigenvalue weighted by Gasteiger charge is -2.09. The molecule has 110 valence electrons. The van der Waals surface area contributed by atoms with E-state index in [0.29, 0.717) is 5.25 Å². The highest BCUT2D eigenvalue weighted by molar-refractivity contribution is 7.99. The Hall–Kier alpha value is -1.89. The minimum Gasteiger partial charge on any atom is -0.326 e. The molecule has 3 rings (SSSR count). The number of carbonyl (C=O) groups is 1. The zero-order valence-electron chi connectivity index (χ0n) is 11.8. The second-order valence-electron chi connectivity index (χ2n) is 5.13. The van der Waals surface area contributed by atoms with Gasteiger partial charge in [-0.2, -0.15) is 4.68 Å². The molecular weight excluding hydrogens is 286 g/mol. The van der Waals surface area contributed by atoms with Gasteiger partial charge in [-0.1, -0.05) is 30.7 Å². The summed E-state index contributed by atoms with van der Waals surface area (Å²) in [5.74, 6) is -0.0931. The number of nitrogens with one attached hydrogen (secondary N) is 1. The Morgan fingerprint density at radius 3 is 2.95 bits per heavy atom. The highest BCUT2D eigenvalue weighted by atomic mass is 32.2. The van der Waals surface area contributed by atoms with Gasteiger partial charge in [0.25, 0.3) is 0 Å². The molecule has 0 saturated heterocycles. The smallest absolute Gasteiger partial charge is 0.221 e. The van der Waals surface area contributed by atoms with Gasteiger partial charge in [0.05, 0.1) is 5.69 Å². The molecule has 21 heavy (non-hydrogen) atoms. The van der Waals surface area contributed by atoms with Crippen molar-refractivity contribution < 1.29 is 4.79 Å². The van der Waals surface area contributed by atoms with Crippen LogP contribution in [0.1, 0.15) is 32.6 Å². The molecule has 1 aromatic heterocycles. The van der Waals surface area contributed by atoms with Gasteiger partial charge in [0.15, 0.2) is 0 Å². The van der Waals surface area contributed by atoms with Crippen molar-refractivity contribution in [1.82, 2.24) is 20.2 Å². The van der Waals surface area contributed by atoms with E-state index in [1.54, 1.807) is 16.4 Å². The molecule has 0 atom stereocenters. The van der Waals surface area contributed by atoms with Gasteiger partial charge in [-0.25, -0.2) is 0 Å². The van der Waals surface area contributed by atoms with E-state index in [-0.39, 0.29) is 5.91 Å². The van der Waals surface area contributed by atoms with E-state index in [1.165, 1.54) is 32.6 Å². The van der Waals surface area contributed by atoms with Crippen LogP contribution in [0, 0.1) is 0 Å². The fourth-order valence-corrected chi connectivity index (χ4v) is 3.68. The predicted molar refractivity (Wildman–Crippen MR) is 81.6 cm³/mol. The topological polar surface area (TPSA) is 72.7 Å². The van der Waals surface area contributed by atoms with Crippen LogP contribution in [-0.2, 0) is 4.79 Å². The predicted octanol–water partition coefficient (Wildman–Crippen LogP) is 2.66. The third-order valence-electron chi connectivity index (χ3n) is 3.43. The van der Waals surface area contributed by atoms with Crippen LogP contribution in [0.25, 0.3) is 5.69 Å². The number of thioether (sulfide) groups is 1. The SMILES string of the molecule is CC(=O)Nc1cccc(-n2nnnc2SC2CCCC2)c1. The first kappa shape index (κ1) is 14.1. The maximum absolute atomic E-state index is 11.1. The number of carbonyl (C=O) groups excluding carboxylic acids is 1. The number of rotatable bonds is 4. The minimum absolute atomic E-state index is 0.0931. The second kappa shape index (κ2) is 6.26. The Bertz CT molecular complexity index is 636. The van der Waals surface area contributed by atoms with Gasteiger partial charge in [-0.15, -0.1) is 5.10 Å².